The summed E-state index contributed by atoms with van der Waals surface area (Å²) < 4.78 is 5.35. The van der Waals surface area contributed by atoms with Crippen molar-refractivity contribution in [3.05, 3.63) is 0 Å². The van der Waals surface area contributed by atoms with Crippen molar-refractivity contribution in [1.82, 2.24) is 9.80 Å². The smallest absolute Gasteiger partial charge is 0.225 e. The minimum Gasteiger partial charge on any atom is -0.383 e. The molecular weight excluding hydrogens is 264 g/mol. The molecule has 2 heterocycles. The van der Waals surface area contributed by atoms with Gasteiger partial charge in [-0.15, -0.1) is 0 Å². The second-order valence-electron chi connectivity index (χ2n) is 7.83. The van der Waals surface area contributed by atoms with E-state index in [4.69, 9.17) is 4.74 Å². The van der Waals surface area contributed by atoms with Crippen molar-refractivity contribution in [2.75, 3.05) is 40.4 Å². The third kappa shape index (κ3) is 2.98. The maximum atomic E-state index is 12.5. The number of amides is 1. The van der Waals surface area contributed by atoms with Gasteiger partial charge in [-0.1, -0.05) is 6.92 Å². The SMILES string of the molecule is COCC1CC2(CCN(C(=O)C3CC(C)C3)CC2)CN1C. The minimum atomic E-state index is 0.335. The molecule has 3 fully saturated rings. The molecule has 0 N–H and O–H groups in total. The van der Waals surface area contributed by atoms with Crippen molar-refractivity contribution < 1.29 is 9.53 Å². The molecule has 2 aliphatic heterocycles. The van der Waals surface area contributed by atoms with E-state index in [1.807, 2.05) is 0 Å². The molecule has 1 amide bonds. The van der Waals surface area contributed by atoms with Crippen LogP contribution in [-0.4, -0.2) is 62.1 Å². The monoisotopic (exact) mass is 294 g/mol. The van der Waals surface area contributed by atoms with Crippen molar-refractivity contribution >= 4 is 5.91 Å². The molecule has 120 valence electrons. The molecule has 0 bridgehead atoms. The Morgan fingerprint density at radius 1 is 1.29 bits per heavy atom. The highest BCUT2D eigenvalue weighted by atomic mass is 16.5. The Balaban J connectivity index is 1.52. The van der Waals surface area contributed by atoms with Gasteiger partial charge in [0, 0.05) is 38.7 Å². The summed E-state index contributed by atoms with van der Waals surface area (Å²) in [5.41, 5.74) is 0.432. The minimum absolute atomic E-state index is 0.335. The summed E-state index contributed by atoms with van der Waals surface area (Å²) in [6, 6.07) is 0.560. The van der Waals surface area contributed by atoms with Gasteiger partial charge in [0.25, 0.3) is 0 Å². The van der Waals surface area contributed by atoms with Crippen LogP contribution >= 0.6 is 0 Å². The van der Waals surface area contributed by atoms with Crippen LogP contribution < -0.4 is 0 Å². The Morgan fingerprint density at radius 2 is 1.95 bits per heavy atom. The Bertz CT molecular complexity index is 384. The number of nitrogens with zero attached hydrogens (tertiary/aromatic N) is 2. The average molecular weight is 294 g/mol. The topological polar surface area (TPSA) is 32.8 Å². The van der Waals surface area contributed by atoms with Crippen molar-refractivity contribution in [1.29, 1.82) is 0 Å². The van der Waals surface area contributed by atoms with Gasteiger partial charge in [-0.3, -0.25) is 4.79 Å². The van der Waals surface area contributed by atoms with Crippen LogP contribution in [0, 0.1) is 17.3 Å². The van der Waals surface area contributed by atoms with Gasteiger partial charge >= 0.3 is 0 Å². The van der Waals surface area contributed by atoms with E-state index < -0.39 is 0 Å². The number of hydrogen-bond acceptors (Lipinski definition) is 3. The summed E-state index contributed by atoms with van der Waals surface area (Å²) in [6.45, 7) is 6.19. The first-order valence-electron chi connectivity index (χ1n) is 8.51. The van der Waals surface area contributed by atoms with Gasteiger partial charge < -0.3 is 14.5 Å². The fraction of sp³-hybridized carbons (Fsp3) is 0.941. The normalized spacial score (nSPS) is 36.0. The molecule has 0 aromatic rings. The van der Waals surface area contributed by atoms with E-state index in [9.17, 15) is 4.79 Å². The molecule has 1 unspecified atom stereocenters. The number of ether oxygens (including phenoxy) is 1. The molecule has 1 atom stereocenters. The first-order valence-corrected chi connectivity index (χ1v) is 8.51. The number of piperidine rings is 1. The van der Waals surface area contributed by atoms with E-state index in [0.29, 0.717) is 23.3 Å². The second kappa shape index (κ2) is 5.88. The quantitative estimate of drug-likeness (QED) is 0.798. The van der Waals surface area contributed by atoms with Crippen molar-refractivity contribution in [3.8, 4) is 0 Å². The summed E-state index contributed by atoms with van der Waals surface area (Å²) in [5, 5.41) is 0. The molecule has 4 nitrogen and oxygen atoms in total. The van der Waals surface area contributed by atoms with E-state index in [0.717, 1.165) is 38.5 Å². The van der Waals surface area contributed by atoms with Crippen LogP contribution in [0.15, 0.2) is 0 Å². The molecule has 1 aliphatic carbocycles. The predicted molar refractivity (Wildman–Crippen MR) is 83.0 cm³/mol. The standard InChI is InChI=1S/C17H30N2O2/c1-13-8-14(9-13)16(20)19-6-4-17(5-7-19)10-15(11-21-3)18(2)12-17/h13-15H,4-12H2,1-3H3. The molecule has 1 saturated carbocycles. The molecule has 0 radical (unpaired) electrons. The number of carbonyl (C=O) groups is 1. The van der Waals surface area contributed by atoms with Crippen molar-refractivity contribution in [3.63, 3.8) is 0 Å². The lowest BCUT2D eigenvalue weighted by Crippen LogP contribution is -2.48. The van der Waals surface area contributed by atoms with E-state index in [1.165, 1.54) is 25.8 Å². The van der Waals surface area contributed by atoms with Crippen LogP contribution in [0.3, 0.4) is 0 Å². The fourth-order valence-corrected chi connectivity index (χ4v) is 4.68. The highest BCUT2D eigenvalue weighted by molar-refractivity contribution is 5.79. The molecule has 0 aromatic heterocycles. The lowest BCUT2D eigenvalue weighted by Gasteiger charge is -2.42. The van der Waals surface area contributed by atoms with E-state index >= 15 is 0 Å². The van der Waals surface area contributed by atoms with Crippen LogP contribution in [0.25, 0.3) is 0 Å². The van der Waals surface area contributed by atoms with E-state index in [2.05, 4.69) is 23.8 Å². The van der Waals surface area contributed by atoms with Gasteiger partial charge in [-0.05, 0) is 50.5 Å². The van der Waals surface area contributed by atoms with Gasteiger partial charge in [-0.2, -0.15) is 0 Å². The van der Waals surface area contributed by atoms with Gasteiger partial charge in [0.2, 0.25) is 5.91 Å². The van der Waals surface area contributed by atoms with Crippen LogP contribution in [-0.2, 0) is 9.53 Å². The Labute approximate surface area is 128 Å². The van der Waals surface area contributed by atoms with Crippen molar-refractivity contribution in [2.45, 2.75) is 45.1 Å². The Hall–Kier alpha value is -0.610. The Kier molecular flexibility index (Phi) is 4.28. The third-order valence-corrected chi connectivity index (χ3v) is 6.09. The average Bonchev–Trinajstić information content (AvgIpc) is 2.72. The summed E-state index contributed by atoms with van der Waals surface area (Å²) >= 11 is 0. The highest BCUT2D eigenvalue weighted by Gasteiger charge is 2.45. The molecule has 2 saturated heterocycles. The fourth-order valence-electron chi connectivity index (χ4n) is 4.68. The van der Waals surface area contributed by atoms with Crippen molar-refractivity contribution in [2.24, 2.45) is 17.3 Å². The molecule has 4 heteroatoms. The zero-order valence-electron chi connectivity index (χ0n) is 13.8. The number of rotatable bonds is 3. The number of methoxy groups -OCH3 is 1. The number of likely N-dealkylation sites (N-methyl/N-ethyl adjacent to an activating group) is 1. The first-order chi connectivity index (χ1) is 10.0. The lowest BCUT2D eigenvalue weighted by molar-refractivity contribution is -0.142. The van der Waals surface area contributed by atoms with E-state index in [-0.39, 0.29) is 0 Å². The predicted octanol–water partition coefficient (Wildman–Crippen LogP) is 1.99. The maximum absolute atomic E-state index is 12.5. The second-order valence-corrected chi connectivity index (χ2v) is 7.83. The zero-order chi connectivity index (χ0) is 15.0. The van der Waals surface area contributed by atoms with E-state index in [1.54, 1.807) is 7.11 Å². The van der Waals surface area contributed by atoms with Crippen LogP contribution in [0.5, 0.6) is 0 Å². The van der Waals surface area contributed by atoms with Gasteiger partial charge in [-0.25, -0.2) is 0 Å². The number of carbonyl (C=O) groups excluding carboxylic acids is 1. The summed E-state index contributed by atoms with van der Waals surface area (Å²) in [6.07, 6.45) is 5.80. The van der Waals surface area contributed by atoms with Gasteiger partial charge in [0.15, 0.2) is 0 Å². The summed E-state index contributed by atoms with van der Waals surface area (Å²) in [5.74, 6) is 1.53. The largest absolute Gasteiger partial charge is 0.383 e. The van der Waals surface area contributed by atoms with Gasteiger partial charge in [0.05, 0.1) is 6.61 Å². The lowest BCUT2D eigenvalue weighted by atomic mass is 9.73. The number of hydrogen-bond donors (Lipinski definition) is 0. The number of likely N-dealkylation sites (tertiary alicyclic amines) is 2. The van der Waals surface area contributed by atoms with Gasteiger partial charge in [0.1, 0.15) is 0 Å². The third-order valence-electron chi connectivity index (χ3n) is 6.09. The van der Waals surface area contributed by atoms with Crippen LogP contribution in [0.4, 0.5) is 0 Å². The highest BCUT2D eigenvalue weighted by Crippen LogP contribution is 2.43. The summed E-state index contributed by atoms with van der Waals surface area (Å²) in [7, 11) is 4.01. The molecule has 0 aromatic carbocycles. The molecule has 21 heavy (non-hydrogen) atoms. The molecule has 3 aliphatic rings. The molecule has 3 rings (SSSR count). The van der Waals surface area contributed by atoms with Crippen LogP contribution in [0.1, 0.15) is 39.0 Å². The maximum Gasteiger partial charge on any atom is 0.225 e. The molecular formula is C17H30N2O2. The van der Waals surface area contributed by atoms with Crippen LogP contribution in [0.2, 0.25) is 0 Å². The first kappa shape index (κ1) is 15.3. The summed E-state index contributed by atoms with van der Waals surface area (Å²) in [4.78, 5) is 17.1. The Morgan fingerprint density at radius 3 is 2.52 bits per heavy atom. The zero-order valence-corrected chi connectivity index (χ0v) is 13.8. The molecule has 1 spiro atoms.